The van der Waals surface area contributed by atoms with Crippen molar-refractivity contribution in [3.63, 3.8) is 0 Å². The molecule has 152 valence electrons. The number of thiazole rings is 1. The maximum absolute atomic E-state index is 4.73. The van der Waals surface area contributed by atoms with Gasteiger partial charge in [0, 0.05) is 49.6 Å². The largest absolute Gasteiger partial charge is 0.356 e. The molecule has 6 nitrogen and oxygen atoms in total. The summed E-state index contributed by atoms with van der Waals surface area (Å²) in [5, 5.41) is 14.5. The zero-order valence-electron chi connectivity index (χ0n) is 17.3. The van der Waals surface area contributed by atoms with Gasteiger partial charge >= 0.3 is 0 Å². The first-order valence-corrected chi connectivity index (χ1v) is 10.1. The van der Waals surface area contributed by atoms with Crippen LogP contribution in [0.1, 0.15) is 49.3 Å². The maximum atomic E-state index is 4.73. The number of nitrogens with zero attached hydrogens (tertiary/aromatic N) is 4. The topological polar surface area (TPSA) is 67.1 Å². The first kappa shape index (κ1) is 23.9. The van der Waals surface area contributed by atoms with E-state index in [0.29, 0.717) is 0 Å². The number of aliphatic imine (C=N–C) groups is 1. The van der Waals surface area contributed by atoms with Crippen molar-refractivity contribution in [1.29, 1.82) is 0 Å². The van der Waals surface area contributed by atoms with E-state index in [1.165, 1.54) is 16.4 Å². The molecule has 0 unspecified atom stereocenters. The van der Waals surface area contributed by atoms with Crippen LogP contribution in [0.15, 0.2) is 16.4 Å². The first-order chi connectivity index (χ1) is 12.3. The Kier molecular flexibility index (Phi) is 9.72. The lowest BCUT2D eigenvalue weighted by Gasteiger charge is -2.14. The number of halogens is 1. The van der Waals surface area contributed by atoms with E-state index < -0.39 is 0 Å². The van der Waals surface area contributed by atoms with E-state index in [1.807, 2.05) is 6.92 Å². The SMILES string of the molecule is CN=C(NCCCn1nc(C)cc1C)NCCc1nc(C(C)(C)C)cs1.I. The smallest absolute Gasteiger partial charge is 0.190 e. The minimum Gasteiger partial charge on any atom is -0.356 e. The summed E-state index contributed by atoms with van der Waals surface area (Å²) in [7, 11) is 1.80. The molecule has 0 fully saturated rings. The van der Waals surface area contributed by atoms with E-state index in [0.717, 1.165) is 44.1 Å². The van der Waals surface area contributed by atoms with Crippen molar-refractivity contribution in [2.24, 2.45) is 4.99 Å². The summed E-state index contributed by atoms with van der Waals surface area (Å²) in [4.78, 5) is 9.02. The fraction of sp³-hybridized carbons (Fsp3) is 0.632. The molecule has 0 radical (unpaired) electrons. The maximum Gasteiger partial charge on any atom is 0.190 e. The number of aryl methyl sites for hydroxylation is 3. The number of rotatable bonds is 7. The molecule has 0 saturated heterocycles. The Labute approximate surface area is 184 Å². The van der Waals surface area contributed by atoms with Crippen LogP contribution in [0.2, 0.25) is 0 Å². The van der Waals surface area contributed by atoms with E-state index in [9.17, 15) is 0 Å². The predicted octanol–water partition coefficient (Wildman–Crippen LogP) is 3.67. The Morgan fingerprint density at radius 3 is 2.48 bits per heavy atom. The molecule has 27 heavy (non-hydrogen) atoms. The monoisotopic (exact) mass is 504 g/mol. The minimum atomic E-state index is 0. The summed E-state index contributed by atoms with van der Waals surface area (Å²) < 4.78 is 2.06. The van der Waals surface area contributed by atoms with Gasteiger partial charge in [-0.2, -0.15) is 5.10 Å². The van der Waals surface area contributed by atoms with E-state index in [2.05, 4.69) is 64.5 Å². The van der Waals surface area contributed by atoms with Gasteiger partial charge in [0.25, 0.3) is 0 Å². The molecular weight excluding hydrogens is 471 g/mol. The molecule has 0 bridgehead atoms. The van der Waals surface area contributed by atoms with Crippen molar-refractivity contribution in [2.75, 3.05) is 20.1 Å². The predicted molar refractivity (Wildman–Crippen MR) is 126 cm³/mol. The van der Waals surface area contributed by atoms with Gasteiger partial charge in [0.2, 0.25) is 0 Å². The van der Waals surface area contributed by atoms with Crippen LogP contribution in [0.3, 0.4) is 0 Å². The van der Waals surface area contributed by atoms with Gasteiger partial charge in [-0.3, -0.25) is 9.67 Å². The number of hydrogen-bond acceptors (Lipinski definition) is 4. The second kappa shape index (κ2) is 11.0. The zero-order chi connectivity index (χ0) is 19.2. The molecular formula is C19H33IN6S. The first-order valence-electron chi connectivity index (χ1n) is 9.20. The molecule has 0 saturated carbocycles. The van der Waals surface area contributed by atoms with Crippen molar-refractivity contribution >= 4 is 41.3 Å². The van der Waals surface area contributed by atoms with Gasteiger partial charge < -0.3 is 10.6 Å². The highest BCUT2D eigenvalue weighted by molar-refractivity contribution is 14.0. The molecule has 2 rings (SSSR count). The second-order valence-electron chi connectivity index (χ2n) is 7.56. The van der Waals surface area contributed by atoms with Crippen molar-refractivity contribution < 1.29 is 0 Å². The van der Waals surface area contributed by atoms with E-state index in [4.69, 9.17) is 4.98 Å². The molecule has 0 spiro atoms. The van der Waals surface area contributed by atoms with Crippen LogP contribution in [0, 0.1) is 13.8 Å². The normalized spacial score (nSPS) is 12.0. The molecule has 0 atom stereocenters. The third-order valence-corrected chi connectivity index (χ3v) is 5.03. The number of guanidine groups is 1. The summed E-state index contributed by atoms with van der Waals surface area (Å²) in [6.07, 6.45) is 1.91. The van der Waals surface area contributed by atoms with Crippen molar-refractivity contribution in [2.45, 2.75) is 59.4 Å². The van der Waals surface area contributed by atoms with Gasteiger partial charge in [-0.05, 0) is 26.3 Å². The molecule has 0 aliphatic heterocycles. The van der Waals surface area contributed by atoms with Gasteiger partial charge in [-0.1, -0.05) is 20.8 Å². The lowest BCUT2D eigenvalue weighted by atomic mass is 9.93. The summed E-state index contributed by atoms with van der Waals surface area (Å²) in [6, 6.07) is 2.11. The Morgan fingerprint density at radius 1 is 1.22 bits per heavy atom. The third-order valence-electron chi connectivity index (χ3n) is 4.12. The molecule has 2 N–H and O–H groups in total. The average Bonchev–Trinajstić information content (AvgIpc) is 3.16. The highest BCUT2D eigenvalue weighted by Crippen LogP contribution is 2.23. The number of nitrogens with one attached hydrogen (secondary N) is 2. The molecule has 2 aromatic rings. The quantitative estimate of drug-likeness (QED) is 0.262. The van der Waals surface area contributed by atoms with Crippen LogP contribution in [0.5, 0.6) is 0 Å². The van der Waals surface area contributed by atoms with Crippen LogP contribution >= 0.6 is 35.3 Å². The average molecular weight is 504 g/mol. The standard InChI is InChI=1S/C19H32N6S.HI/c1-14-12-15(2)25(24-14)11-7-9-21-18(20-6)22-10-8-17-23-16(13-26-17)19(3,4)5;/h12-13H,7-11H2,1-6H3,(H2,20,21,22);1H. The summed E-state index contributed by atoms with van der Waals surface area (Å²) in [5.74, 6) is 0.839. The number of aromatic nitrogens is 3. The lowest BCUT2D eigenvalue weighted by molar-refractivity contribution is 0.555. The Morgan fingerprint density at radius 2 is 1.93 bits per heavy atom. The second-order valence-corrected chi connectivity index (χ2v) is 8.50. The van der Waals surface area contributed by atoms with Gasteiger partial charge in [0.1, 0.15) is 0 Å². The fourth-order valence-electron chi connectivity index (χ4n) is 2.62. The summed E-state index contributed by atoms with van der Waals surface area (Å²) in [6.45, 7) is 13.3. The zero-order valence-corrected chi connectivity index (χ0v) is 20.4. The van der Waals surface area contributed by atoms with Crippen LogP contribution in [0.4, 0.5) is 0 Å². The minimum absolute atomic E-state index is 0. The highest BCUT2D eigenvalue weighted by Gasteiger charge is 2.17. The summed E-state index contributed by atoms with van der Waals surface area (Å²) >= 11 is 1.74. The van der Waals surface area contributed by atoms with Crippen molar-refractivity contribution in [3.8, 4) is 0 Å². The Bertz CT molecular complexity index is 729. The van der Waals surface area contributed by atoms with Crippen molar-refractivity contribution in [3.05, 3.63) is 33.5 Å². The third kappa shape index (κ3) is 7.77. The molecule has 0 aliphatic rings. The van der Waals surface area contributed by atoms with Gasteiger partial charge in [-0.15, -0.1) is 35.3 Å². The van der Waals surface area contributed by atoms with Crippen LogP contribution in [-0.2, 0) is 18.4 Å². The lowest BCUT2D eigenvalue weighted by Crippen LogP contribution is -2.39. The van der Waals surface area contributed by atoms with Crippen LogP contribution < -0.4 is 10.6 Å². The van der Waals surface area contributed by atoms with Crippen LogP contribution in [-0.4, -0.2) is 40.9 Å². The molecule has 2 aromatic heterocycles. The van der Waals surface area contributed by atoms with E-state index >= 15 is 0 Å². The Balaban J connectivity index is 0.00000364. The molecule has 0 aromatic carbocycles. The van der Waals surface area contributed by atoms with Gasteiger partial charge in [-0.25, -0.2) is 4.98 Å². The molecule has 0 amide bonds. The van der Waals surface area contributed by atoms with Crippen molar-refractivity contribution in [1.82, 2.24) is 25.4 Å². The van der Waals surface area contributed by atoms with Gasteiger partial charge in [0.15, 0.2) is 5.96 Å². The van der Waals surface area contributed by atoms with E-state index in [1.54, 1.807) is 18.4 Å². The molecule has 2 heterocycles. The highest BCUT2D eigenvalue weighted by atomic mass is 127. The molecule has 0 aliphatic carbocycles. The number of hydrogen-bond donors (Lipinski definition) is 2. The summed E-state index contributed by atoms with van der Waals surface area (Å²) in [5.41, 5.74) is 3.57. The Hall–Kier alpha value is -1.16. The van der Waals surface area contributed by atoms with Gasteiger partial charge in [0.05, 0.1) is 16.4 Å². The van der Waals surface area contributed by atoms with E-state index in [-0.39, 0.29) is 29.4 Å². The fourth-order valence-corrected chi connectivity index (χ4v) is 3.64. The molecule has 8 heteroatoms. The van der Waals surface area contributed by atoms with Crippen LogP contribution in [0.25, 0.3) is 0 Å².